The maximum absolute atomic E-state index is 14.8. The van der Waals surface area contributed by atoms with E-state index in [4.69, 9.17) is 4.74 Å². The standard InChI is InChI=1S/C24H26F4O/c1-14-2-11-22(29-13-14)16-5-3-15(4-6-16)18-8-9-19(24(28)23(18)27)17-7-10-20(25)21(26)12-17/h7-10,12,14-16,22H,2-6,11,13H2,1H3. The van der Waals surface area contributed by atoms with Gasteiger partial charge in [0.15, 0.2) is 23.3 Å². The van der Waals surface area contributed by atoms with E-state index in [-0.39, 0.29) is 17.0 Å². The lowest BCUT2D eigenvalue weighted by molar-refractivity contribution is -0.0524. The molecule has 0 bridgehead atoms. The third-order valence-corrected chi connectivity index (χ3v) is 6.62. The van der Waals surface area contributed by atoms with Gasteiger partial charge in [0.1, 0.15) is 0 Å². The lowest BCUT2D eigenvalue weighted by Gasteiger charge is -2.37. The molecule has 156 valence electrons. The maximum Gasteiger partial charge on any atom is 0.166 e. The van der Waals surface area contributed by atoms with Crippen molar-refractivity contribution in [2.75, 3.05) is 6.61 Å². The summed E-state index contributed by atoms with van der Waals surface area (Å²) in [5.41, 5.74) is 0.452. The van der Waals surface area contributed by atoms with Crippen LogP contribution in [-0.2, 0) is 4.74 Å². The number of hydrogen-bond donors (Lipinski definition) is 0. The summed E-state index contributed by atoms with van der Waals surface area (Å²) >= 11 is 0. The van der Waals surface area contributed by atoms with Crippen LogP contribution in [0.4, 0.5) is 17.6 Å². The van der Waals surface area contributed by atoms with Crippen LogP contribution in [0, 0.1) is 35.1 Å². The van der Waals surface area contributed by atoms with Crippen LogP contribution in [-0.4, -0.2) is 12.7 Å². The number of ether oxygens (including phenoxy) is 1. The lowest BCUT2D eigenvalue weighted by Crippen LogP contribution is -2.33. The predicted molar refractivity (Wildman–Crippen MR) is 105 cm³/mol. The molecule has 4 rings (SSSR count). The Morgan fingerprint density at radius 3 is 2.21 bits per heavy atom. The van der Waals surface area contributed by atoms with Crippen LogP contribution in [0.2, 0.25) is 0 Å². The molecule has 0 radical (unpaired) electrons. The molecule has 2 aromatic carbocycles. The molecule has 0 aromatic heterocycles. The first kappa shape index (κ1) is 20.4. The minimum atomic E-state index is -1.08. The zero-order chi connectivity index (χ0) is 20.5. The smallest absolute Gasteiger partial charge is 0.166 e. The molecule has 0 amide bonds. The fourth-order valence-electron chi connectivity index (χ4n) is 4.84. The molecule has 2 fully saturated rings. The fourth-order valence-corrected chi connectivity index (χ4v) is 4.84. The SMILES string of the molecule is CC1CCC(C2CCC(c3ccc(-c4ccc(F)c(F)c4)c(F)c3F)CC2)OC1. The Labute approximate surface area is 169 Å². The Balaban J connectivity index is 1.47. The zero-order valence-corrected chi connectivity index (χ0v) is 16.6. The van der Waals surface area contributed by atoms with Crippen LogP contribution in [0.5, 0.6) is 0 Å². The molecule has 1 saturated carbocycles. The molecule has 0 spiro atoms. The Morgan fingerprint density at radius 1 is 0.793 bits per heavy atom. The van der Waals surface area contributed by atoms with Gasteiger partial charge in [-0.3, -0.25) is 0 Å². The molecule has 29 heavy (non-hydrogen) atoms. The quantitative estimate of drug-likeness (QED) is 0.499. The van der Waals surface area contributed by atoms with Crippen LogP contribution >= 0.6 is 0 Å². The normalized spacial score (nSPS) is 27.8. The zero-order valence-electron chi connectivity index (χ0n) is 16.6. The van der Waals surface area contributed by atoms with Crippen molar-refractivity contribution >= 4 is 0 Å². The first-order chi connectivity index (χ1) is 13.9. The van der Waals surface area contributed by atoms with E-state index >= 15 is 0 Å². The molecule has 1 aliphatic heterocycles. The molecule has 2 unspecified atom stereocenters. The first-order valence-electron chi connectivity index (χ1n) is 10.5. The van der Waals surface area contributed by atoms with Crippen molar-refractivity contribution in [1.29, 1.82) is 0 Å². The second-order valence-electron chi connectivity index (χ2n) is 8.63. The average Bonchev–Trinajstić information content (AvgIpc) is 2.73. The molecule has 1 saturated heterocycles. The van der Waals surface area contributed by atoms with Crippen molar-refractivity contribution in [3.63, 3.8) is 0 Å². The predicted octanol–water partition coefficient (Wildman–Crippen LogP) is 7.00. The Hall–Kier alpha value is -1.88. The van der Waals surface area contributed by atoms with Crippen molar-refractivity contribution in [3.05, 3.63) is 59.2 Å². The van der Waals surface area contributed by atoms with Crippen LogP contribution in [0.1, 0.15) is 56.9 Å². The highest BCUT2D eigenvalue weighted by Crippen LogP contribution is 2.41. The van der Waals surface area contributed by atoms with Gasteiger partial charge in [-0.15, -0.1) is 0 Å². The molecular formula is C24H26F4O. The van der Waals surface area contributed by atoms with Crippen molar-refractivity contribution in [2.24, 2.45) is 11.8 Å². The molecule has 2 atom stereocenters. The van der Waals surface area contributed by atoms with Gasteiger partial charge in [-0.25, -0.2) is 17.6 Å². The van der Waals surface area contributed by atoms with E-state index in [9.17, 15) is 17.6 Å². The highest BCUT2D eigenvalue weighted by atomic mass is 19.2. The van der Waals surface area contributed by atoms with Gasteiger partial charge in [-0.05, 0) is 79.5 Å². The molecule has 0 N–H and O–H groups in total. The number of halogens is 4. The van der Waals surface area contributed by atoms with E-state index in [1.54, 1.807) is 6.07 Å². The molecule has 1 aliphatic carbocycles. The second kappa shape index (κ2) is 8.47. The van der Waals surface area contributed by atoms with Gasteiger partial charge in [0, 0.05) is 12.2 Å². The number of rotatable bonds is 3. The Kier molecular flexibility index (Phi) is 5.95. The van der Waals surface area contributed by atoms with Gasteiger partial charge >= 0.3 is 0 Å². The molecular weight excluding hydrogens is 380 g/mol. The summed E-state index contributed by atoms with van der Waals surface area (Å²) in [4.78, 5) is 0. The topological polar surface area (TPSA) is 9.23 Å². The molecule has 1 heterocycles. The second-order valence-corrected chi connectivity index (χ2v) is 8.63. The first-order valence-corrected chi connectivity index (χ1v) is 10.5. The summed E-state index contributed by atoms with van der Waals surface area (Å²) < 4.78 is 62.2. The average molecular weight is 406 g/mol. The summed E-state index contributed by atoms with van der Waals surface area (Å²) in [6.07, 6.45) is 6.09. The number of hydrogen-bond acceptors (Lipinski definition) is 1. The van der Waals surface area contributed by atoms with Crippen LogP contribution in [0.15, 0.2) is 30.3 Å². The van der Waals surface area contributed by atoms with Crippen molar-refractivity contribution in [3.8, 4) is 11.1 Å². The summed E-state index contributed by atoms with van der Waals surface area (Å²) in [6, 6.07) is 6.14. The van der Waals surface area contributed by atoms with Gasteiger partial charge in [0.05, 0.1) is 6.10 Å². The molecule has 5 heteroatoms. The highest BCUT2D eigenvalue weighted by Gasteiger charge is 2.32. The van der Waals surface area contributed by atoms with E-state index < -0.39 is 23.3 Å². The Bertz CT molecular complexity index is 865. The summed E-state index contributed by atoms with van der Waals surface area (Å²) in [5.74, 6) is -2.88. The van der Waals surface area contributed by atoms with E-state index in [0.717, 1.165) is 50.8 Å². The monoisotopic (exact) mass is 406 g/mol. The third-order valence-electron chi connectivity index (χ3n) is 6.62. The Morgan fingerprint density at radius 2 is 1.55 bits per heavy atom. The largest absolute Gasteiger partial charge is 0.378 e. The van der Waals surface area contributed by atoms with Crippen LogP contribution in [0.3, 0.4) is 0 Å². The maximum atomic E-state index is 14.8. The van der Waals surface area contributed by atoms with E-state index in [0.29, 0.717) is 23.5 Å². The summed E-state index contributed by atoms with van der Waals surface area (Å²) in [5, 5.41) is 0. The van der Waals surface area contributed by atoms with Crippen molar-refractivity contribution < 1.29 is 22.3 Å². The van der Waals surface area contributed by atoms with E-state index in [1.807, 2.05) is 0 Å². The minimum Gasteiger partial charge on any atom is -0.378 e. The fraction of sp³-hybridized carbons (Fsp3) is 0.500. The summed E-state index contributed by atoms with van der Waals surface area (Å²) in [7, 11) is 0. The molecule has 2 aliphatic rings. The number of benzene rings is 2. The van der Waals surface area contributed by atoms with Crippen molar-refractivity contribution in [1.82, 2.24) is 0 Å². The van der Waals surface area contributed by atoms with Gasteiger partial charge < -0.3 is 4.74 Å². The van der Waals surface area contributed by atoms with Crippen LogP contribution in [0.25, 0.3) is 11.1 Å². The third kappa shape index (κ3) is 4.20. The van der Waals surface area contributed by atoms with Crippen LogP contribution < -0.4 is 0 Å². The minimum absolute atomic E-state index is 0.0257. The highest BCUT2D eigenvalue weighted by molar-refractivity contribution is 5.65. The molecule has 2 aromatic rings. The summed E-state index contributed by atoms with van der Waals surface area (Å²) in [6.45, 7) is 3.02. The van der Waals surface area contributed by atoms with Gasteiger partial charge in [0.2, 0.25) is 0 Å². The van der Waals surface area contributed by atoms with Gasteiger partial charge in [-0.1, -0.05) is 25.1 Å². The van der Waals surface area contributed by atoms with Gasteiger partial charge in [-0.2, -0.15) is 0 Å². The van der Waals surface area contributed by atoms with E-state index in [2.05, 4.69) is 6.92 Å². The van der Waals surface area contributed by atoms with E-state index in [1.165, 1.54) is 18.6 Å². The van der Waals surface area contributed by atoms with Crippen molar-refractivity contribution in [2.45, 2.75) is 57.5 Å². The van der Waals surface area contributed by atoms with Gasteiger partial charge in [0.25, 0.3) is 0 Å². The lowest BCUT2D eigenvalue weighted by atomic mass is 9.75. The molecule has 1 nitrogen and oxygen atoms in total.